The van der Waals surface area contributed by atoms with E-state index in [1.807, 2.05) is 6.92 Å². The zero-order chi connectivity index (χ0) is 23.5. The Labute approximate surface area is 194 Å². The molecule has 174 valence electrons. The molecule has 2 aromatic carbocycles. The zero-order valence-corrected chi connectivity index (χ0v) is 19.2. The van der Waals surface area contributed by atoms with Gasteiger partial charge in [0.25, 0.3) is 0 Å². The van der Waals surface area contributed by atoms with Gasteiger partial charge in [-0.05, 0) is 43.6 Å². The normalized spacial score (nSPS) is 20.2. The number of aryl methyl sites for hydroxylation is 1. The van der Waals surface area contributed by atoms with Crippen LogP contribution in [0.3, 0.4) is 0 Å². The molecule has 0 spiro atoms. The molecular weight excluding hydrogens is 420 g/mol. The summed E-state index contributed by atoms with van der Waals surface area (Å²) in [4.78, 5) is 22.8. The maximum absolute atomic E-state index is 11.4. The standard InChI is InChI=1S/C27H30O6/c1-5-22(28)30-9-11-32-26-19-8-7-16(3)13-21(19)27(33-12-10-31-23(29)6-2)24-18-14-17(4)20(15-18)25(24)26/h5-8,13,17-18,20H,1-2,9-12,14-15H2,3-4H3. The summed E-state index contributed by atoms with van der Waals surface area (Å²) >= 11 is 0. The van der Waals surface area contributed by atoms with Crippen LogP contribution in [0.4, 0.5) is 0 Å². The third-order valence-electron chi connectivity index (χ3n) is 6.59. The molecule has 0 saturated heterocycles. The second kappa shape index (κ2) is 9.69. The number of hydrogen-bond acceptors (Lipinski definition) is 6. The number of carbonyl (C=O) groups excluding carboxylic acids is 2. The predicted molar refractivity (Wildman–Crippen MR) is 126 cm³/mol. The number of rotatable bonds is 10. The highest BCUT2D eigenvalue weighted by atomic mass is 16.6. The molecule has 0 aromatic heterocycles. The highest BCUT2D eigenvalue weighted by Gasteiger charge is 2.46. The van der Waals surface area contributed by atoms with E-state index in [1.165, 1.54) is 11.1 Å². The second-order valence-corrected chi connectivity index (χ2v) is 8.73. The van der Waals surface area contributed by atoms with Gasteiger partial charge >= 0.3 is 11.9 Å². The fraction of sp³-hybridized carbons (Fsp3) is 0.407. The highest BCUT2D eigenvalue weighted by molar-refractivity contribution is 5.97. The van der Waals surface area contributed by atoms with Crippen LogP contribution in [-0.4, -0.2) is 38.4 Å². The van der Waals surface area contributed by atoms with E-state index in [-0.39, 0.29) is 26.4 Å². The maximum Gasteiger partial charge on any atom is 0.330 e. The average Bonchev–Trinajstić information content (AvgIpc) is 3.37. The van der Waals surface area contributed by atoms with Gasteiger partial charge in [-0.25, -0.2) is 9.59 Å². The largest absolute Gasteiger partial charge is 0.489 e. The lowest BCUT2D eigenvalue weighted by Crippen LogP contribution is -2.16. The van der Waals surface area contributed by atoms with Crippen molar-refractivity contribution in [2.45, 2.75) is 38.5 Å². The molecule has 3 unspecified atom stereocenters. The molecule has 0 N–H and O–H groups in total. The van der Waals surface area contributed by atoms with Crippen LogP contribution in [0.15, 0.2) is 43.5 Å². The van der Waals surface area contributed by atoms with Gasteiger partial charge in [-0.2, -0.15) is 0 Å². The third-order valence-corrected chi connectivity index (χ3v) is 6.59. The van der Waals surface area contributed by atoms with Crippen LogP contribution in [0.1, 0.15) is 48.3 Å². The minimum Gasteiger partial charge on any atom is -0.489 e. The van der Waals surface area contributed by atoms with Crippen molar-refractivity contribution < 1.29 is 28.5 Å². The topological polar surface area (TPSA) is 71.1 Å². The minimum absolute atomic E-state index is 0.156. The van der Waals surface area contributed by atoms with Crippen molar-refractivity contribution in [2.75, 3.05) is 26.4 Å². The third kappa shape index (κ3) is 4.47. The van der Waals surface area contributed by atoms with Gasteiger partial charge in [0.2, 0.25) is 0 Å². The van der Waals surface area contributed by atoms with Crippen molar-refractivity contribution in [3.05, 3.63) is 60.2 Å². The molecule has 2 aromatic rings. The molecule has 0 amide bonds. The zero-order valence-electron chi connectivity index (χ0n) is 19.2. The van der Waals surface area contributed by atoms with Gasteiger partial charge < -0.3 is 18.9 Å². The van der Waals surface area contributed by atoms with Crippen LogP contribution in [0.5, 0.6) is 11.5 Å². The molecule has 33 heavy (non-hydrogen) atoms. The summed E-state index contributed by atoms with van der Waals surface area (Å²) in [6.07, 6.45) is 4.49. The van der Waals surface area contributed by atoms with Gasteiger partial charge in [-0.1, -0.05) is 37.8 Å². The van der Waals surface area contributed by atoms with Gasteiger partial charge in [0.1, 0.15) is 37.9 Å². The van der Waals surface area contributed by atoms with Crippen molar-refractivity contribution in [2.24, 2.45) is 5.92 Å². The van der Waals surface area contributed by atoms with E-state index >= 15 is 0 Å². The molecule has 2 aliphatic carbocycles. The van der Waals surface area contributed by atoms with Crippen molar-refractivity contribution >= 4 is 22.7 Å². The molecule has 0 heterocycles. The Kier molecular flexibility index (Phi) is 6.72. The van der Waals surface area contributed by atoms with Crippen LogP contribution in [0, 0.1) is 12.8 Å². The molecule has 6 nitrogen and oxygen atoms in total. The van der Waals surface area contributed by atoms with E-state index in [9.17, 15) is 9.59 Å². The van der Waals surface area contributed by atoms with Crippen LogP contribution in [0.25, 0.3) is 10.8 Å². The van der Waals surface area contributed by atoms with Crippen LogP contribution in [-0.2, 0) is 19.1 Å². The number of esters is 2. The lowest BCUT2D eigenvalue weighted by Gasteiger charge is -2.28. The molecule has 4 rings (SSSR count). The Bertz CT molecular complexity index is 1100. The first kappa shape index (κ1) is 22.9. The summed E-state index contributed by atoms with van der Waals surface area (Å²) < 4.78 is 22.8. The van der Waals surface area contributed by atoms with Crippen molar-refractivity contribution in [1.82, 2.24) is 0 Å². The Morgan fingerprint density at radius 2 is 1.52 bits per heavy atom. The molecule has 3 atom stereocenters. The summed E-state index contributed by atoms with van der Waals surface area (Å²) in [5.74, 6) is 2.19. The Hall–Kier alpha value is -3.28. The molecule has 1 fully saturated rings. The summed E-state index contributed by atoms with van der Waals surface area (Å²) in [5, 5.41) is 1.97. The van der Waals surface area contributed by atoms with E-state index in [2.05, 4.69) is 38.3 Å². The van der Waals surface area contributed by atoms with E-state index in [0.717, 1.165) is 52.8 Å². The van der Waals surface area contributed by atoms with Gasteiger partial charge in [0.15, 0.2) is 0 Å². The number of hydrogen-bond donors (Lipinski definition) is 0. The molecule has 6 heteroatoms. The molecule has 2 aliphatic rings. The quantitative estimate of drug-likeness (QED) is 0.289. The summed E-state index contributed by atoms with van der Waals surface area (Å²) in [6.45, 7) is 12.0. The van der Waals surface area contributed by atoms with Crippen LogP contribution < -0.4 is 9.47 Å². The first-order chi connectivity index (χ1) is 15.9. The Balaban J connectivity index is 1.71. The second-order valence-electron chi connectivity index (χ2n) is 8.73. The highest BCUT2D eigenvalue weighted by Crippen LogP contribution is 2.63. The summed E-state index contributed by atoms with van der Waals surface area (Å²) in [5.41, 5.74) is 3.54. The van der Waals surface area contributed by atoms with Gasteiger partial charge in [-0.15, -0.1) is 0 Å². The molecule has 1 saturated carbocycles. The summed E-state index contributed by atoms with van der Waals surface area (Å²) in [7, 11) is 0. The number of fused-ring (bicyclic) bond motifs is 6. The number of ether oxygens (including phenoxy) is 4. The van der Waals surface area contributed by atoms with Crippen LogP contribution in [0.2, 0.25) is 0 Å². The van der Waals surface area contributed by atoms with Crippen molar-refractivity contribution in [1.29, 1.82) is 0 Å². The molecule has 0 radical (unpaired) electrons. The smallest absolute Gasteiger partial charge is 0.330 e. The molecule has 2 bridgehead atoms. The van der Waals surface area contributed by atoms with Gasteiger partial charge in [0.05, 0.1) is 0 Å². The van der Waals surface area contributed by atoms with E-state index in [4.69, 9.17) is 18.9 Å². The van der Waals surface area contributed by atoms with Crippen molar-refractivity contribution in [3.63, 3.8) is 0 Å². The van der Waals surface area contributed by atoms with E-state index in [1.54, 1.807) is 0 Å². The van der Waals surface area contributed by atoms with Crippen molar-refractivity contribution in [3.8, 4) is 11.5 Å². The van der Waals surface area contributed by atoms with Crippen LogP contribution >= 0.6 is 0 Å². The summed E-state index contributed by atoms with van der Waals surface area (Å²) in [6, 6.07) is 6.24. The number of carbonyl (C=O) groups is 2. The fourth-order valence-electron chi connectivity index (χ4n) is 5.24. The number of benzene rings is 2. The lowest BCUT2D eigenvalue weighted by atomic mass is 9.81. The maximum atomic E-state index is 11.4. The first-order valence-corrected chi connectivity index (χ1v) is 11.4. The molecule has 0 aliphatic heterocycles. The minimum atomic E-state index is -0.460. The lowest BCUT2D eigenvalue weighted by molar-refractivity contribution is -0.139. The fourth-order valence-corrected chi connectivity index (χ4v) is 5.24. The SMILES string of the molecule is C=CC(=O)OCCOc1c2c(c(OCCOC(=O)C=C)c3ccc(C)cc13)C1CC2CC1C. The first-order valence-electron chi connectivity index (χ1n) is 11.4. The van der Waals surface area contributed by atoms with Gasteiger partial charge in [0, 0.05) is 34.1 Å². The van der Waals surface area contributed by atoms with E-state index < -0.39 is 11.9 Å². The monoisotopic (exact) mass is 450 g/mol. The average molecular weight is 451 g/mol. The van der Waals surface area contributed by atoms with E-state index in [0.29, 0.717) is 17.8 Å². The Morgan fingerprint density at radius 1 is 0.909 bits per heavy atom. The predicted octanol–water partition coefficient (Wildman–Crippen LogP) is 4.97. The van der Waals surface area contributed by atoms with Gasteiger partial charge in [-0.3, -0.25) is 0 Å². The Morgan fingerprint density at radius 3 is 2.12 bits per heavy atom. The molecular formula is C27H30O6.